The van der Waals surface area contributed by atoms with Crippen LogP contribution in [0.2, 0.25) is 0 Å². The molecule has 0 unspecified atom stereocenters. The van der Waals surface area contributed by atoms with Gasteiger partial charge in [-0.15, -0.1) is 0 Å². The Labute approximate surface area is 112 Å². The number of hydrogen-bond acceptors (Lipinski definition) is 2. The van der Waals surface area contributed by atoms with Crippen LogP contribution in [-0.4, -0.2) is 16.1 Å². The predicted octanol–water partition coefficient (Wildman–Crippen LogP) is 2.79. The van der Waals surface area contributed by atoms with Gasteiger partial charge in [-0.05, 0) is 11.1 Å². The van der Waals surface area contributed by atoms with Gasteiger partial charge < -0.3 is 4.90 Å². The Morgan fingerprint density at radius 3 is 1.68 bits per heavy atom. The van der Waals surface area contributed by atoms with Gasteiger partial charge in [-0.2, -0.15) is 0 Å². The van der Waals surface area contributed by atoms with E-state index in [1.165, 1.54) is 0 Å². The van der Waals surface area contributed by atoms with Gasteiger partial charge in [-0.1, -0.05) is 60.7 Å². The van der Waals surface area contributed by atoms with Gasteiger partial charge in [-0.25, -0.2) is 10.3 Å². The minimum absolute atomic E-state index is 0.447. The van der Waals surface area contributed by atoms with E-state index in [1.807, 2.05) is 60.7 Å². The Kier molecular flexibility index (Phi) is 4.53. The van der Waals surface area contributed by atoms with E-state index in [2.05, 4.69) is 0 Å². The molecular formula is C15H16N2O2. The maximum atomic E-state index is 11.7. The summed E-state index contributed by atoms with van der Waals surface area (Å²) in [6.45, 7) is 0.893. The summed E-state index contributed by atoms with van der Waals surface area (Å²) in [4.78, 5) is 13.2. The van der Waals surface area contributed by atoms with E-state index in [9.17, 15) is 4.79 Å². The standard InChI is InChI=1S/C15H16N2O2/c18-15(16-19)17(11-13-7-3-1-4-8-13)12-14-9-5-2-6-10-14/h1-10,19H,11-12H2,(H,16,18). The number of carbonyl (C=O) groups is 1. The van der Waals surface area contributed by atoms with E-state index in [0.29, 0.717) is 13.1 Å². The molecule has 19 heavy (non-hydrogen) atoms. The summed E-state index contributed by atoms with van der Waals surface area (Å²) in [5.74, 6) is 0. The van der Waals surface area contributed by atoms with Crippen LogP contribution in [0.4, 0.5) is 4.79 Å². The average Bonchev–Trinajstić information content (AvgIpc) is 2.48. The molecule has 98 valence electrons. The molecule has 0 saturated heterocycles. The second-order valence-electron chi connectivity index (χ2n) is 4.24. The van der Waals surface area contributed by atoms with Crippen LogP contribution in [-0.2, 0) is 13.1 Å². The lowest BCUT2D eigenvalue weighted by atomic mass is 10.2. The normalized spacial score (nSPS) is 9.95. The molecule has 4 nitrogen and oxygen atoms in total. The Bertz CT molecular complexity index is 473. The molecule has 4 heteroatoms. The molecule has 0 aliphatic carbocycles. The molecule has 0 bridgehead atoms. The number of urea groups is 1. The topological polar surface area (TPSA) is 52.6 Å². The van der Waals surface area contributed by atoms with Crippen LogP contribution in [0, 0.1) is 0 Å². The first-order chi connectivity index (χ1) is 9.29. The van der Waals surface area contributed by atoms with Crippen molar-refractivity contribution >= 4 is 6.03 Å². The fourth-order valence-electron chi connectivity index (χ4n) is 1.88. The molecule has 0 spiro atoms. The zero-order valence-electron chi connectivity index (χ0n) is 10.5. The number of benzene rings is 2. The Balaban J connectivity index is 2.10. The zero-order valence-corrected chi connectivity index (χ0v) is 10.5. The quantitative estimate of drug-likeness (QED) is 0.653. The van der Waals surface area contributed by atoms with Crippen molar-refractivity contribution in [1.82, 2.24) is 10.4 Å². The lowest BCUT2D eigenvalue weighted by molar-refractivity contribution is 0.125. The molecule has 0 aliphatic rings. The van der Waals surface area contributed by atoms with E-state index >= 15 is 0 Å². The van der Waals surface area contributed by atoms with Gasteiger partial charge in [0.25, 0.3) is 0 Å². The second kappa shape index (κ2) is 6.56. The van der Waals surface area contributed by atoms with E-state index in [0.717, 1.165) is 11.1 Å². The van der Waals surface area contributed by atoms with Gasteiger partial charge in [-0.3, -0.25) is 5.21 Å². The zero-order chi connectivity index (χ0) is 13.5. The fraction of sp³-hybridized carbons (Fsp3) is 0.133. The minimum atomic E-state index is -0.507. The number of amides is 2. The molecule has 0 fully saturated rings. The van der Waals surface area contributed by atoms with Crippen LogP contribution in [0.25, 0.3) is 0 Å². The maximum Gasteiger partial charge on any atom is 0.341 e. The van der Waals surface area contributed by atoms with Gasteiger partial charge in [0, 0.05) is 13.1 Å². The van der Waals surface area contributed by atoms with Crippen LogP contribution < -0.4 is 5.48 Å². The molecule has 0 saturated carbocycles. The summed E-state index contributed by atoms with van der Waals surface area (Å²) in [6, 6.07) is 18.8. The van der Waals surface area contributed by atoms with Crippen molar-refractivity contribution < 1.29 is 10.0 Å². The van der Waals surface area contributed by atoms with Crippen LogP contribution in [0.5, 0.6) is 0 Å². The number of nitrogens with one attached hydrogen (secondary N) is 1. The predicted molar refractivity (Wildman–Crippen MR) is 72.4 cm³/mol. The van der Waals surface area contributed by atoms with Crippen molar-refractivity contribution in [3.63, 3.8) is 0 Å². The van der Waals surface area contributed by atoms with Crippen molar-refractivity contribution in [2.45, 2.75) is 13.1 Å². The van der Waals surface area contributed by atoms with E-state index in [4.69, 9.17) is 5.21 Å². The monoisotopic (exact) mass is 256 g/mol. The van der Waals surface area contributed by atoms with E-state index < -0.39 is 6.03 Å². The molecule has 0 radical (unpaired) electrons. The highest BCUT2D eigenvalue weighted by atomic mass is 16.5. The summed E-state index contributed by atoms with van der Waals surface area (Å²) >= 11 is 0. The van der Waals surface area contributed by atoms with Gasteiger partial charge >= 0.3 is 6.03 Å². The fourth-order valence-corrected chi connectivity index (χ4v) is 1.88. The first kappa shape index (κ1) is 13.1. The molecule has 0 atom stereocenters. The number of rotatable bonds is 4. The van der Waals surface area contributed by atoms with Gasteiger partial charge in [0.15, 0.2) is 0 Å². The average molecular weight is 256 g/mol. The highest BCUT2D eigenvalue weighted by Crippen LogP contribution is 2.10. The van der Waals surface area contributed by atoms with Crippen LogP contribution >= 0.6 is 0 Å². The molecular weight excluding hydrogens is 240 g/mol. The molecule has 0 aliphatic heterocycles. The Morgan fingerprint density at radius 1 is 0.895 bits per heavy atom. The number of hydrogen-bond donors (Lipinski definition) is 2. The van der Waals surface area contributed by atoms with Crippen molar-refractivity contribution in [2.24, 2.45) is 0 Å². The molecule has 2 rings (SSSR count). The molecule has 0 aromatic heterocycles. The van der Waals surface area contributed by atoms with Crippen LogP contribution in [0.3, 0.4) is 0 Å². The van der Waals surface area contributed by atoms with Crippen molar-refractivity contribution in [1.29, 1.82) is 0 Å². The highest BCUT2D eigenvalue weighted by molar-refractivity contribution is 5.72. The van der Waals surface area contributed by atoms with Crippen LogP contribution in [0.1, 0.15) is 11.1 Å². The van der Waals surface area contributed by atoms with Crippen molar-refractivity contribution in [3.8, 4) is 0 Å². The van der Waals surface area contributed by atoms with Gasteiger partial charge in [0.05, 0.1) is 0 Å². The van der Waals surface area contributed by atoms with Gasteiger partial charge in [0.1, 0.15) is 0 Å². The summed E-state index contributed by atoms with van der Waals surface area (Å²) in [6.07, 6.45) is 0. The van der Waals surface area contributed by atoms with Crippen molar-refractivity contribution in [3.05, 3.63) is 71.8 Å². The summed E-state index contributed by atoms with van der Waals surface area (Å²) in [5.41, 5.74) is 3.72. The van der Waals surface area contributed by atoms with Crippen LogP contribution in [0.15, 0.2) is 60.7 Å². The summed E-state index contributed by atoms with van der Waals surface area (Å²) in [5, 5.41) is 8.82. The molecule has 2 N–H and O–H groups in total. The summed E-state index contributed by atoms with van der Waals surface area (Å²) < 4.78 is 0. The largest absolute Gasteiger partial charge is 0.341 e. The third kappa shape index (κ3) is 3.82. The lowest BCUT2D eigenvalue weighted by Gasteiger charge is -2.21. The van der Waals surface area contributed by atoms with E-state index in [1.54, 1.807) is 10.4 Å². The molecule has 2 aromatic rings. The van der Waals surface area contributed by atoms with Crippen molar-refractivity contribution in [2.75, 3.05) is 0 Å². The first-order valence-electron chi connectivity index (χ1n) is 6.06. The van der Waals surface area contributed by atoms with Gasteiger partial charge in [0.2, 0.25) is 0 Å². The number of carbonyl (C=O) groups excluding carboxylic acids is 1. The lowest BCUT2D eigenvalue weighted by Crippen LogP contribution is -2.37. The minimum Gasteiger partial charge on any atom is -0.314 e. The SMILES string of the molecule is O=C(NO)N(Cc1ccccc1)Cc1ccccc1. The number of hydroxylamine groups is 1. The molecule has 2 amide bonds. The summed E-state index contributed by atoms with van der Waals surface area (Å²) in [7, 11) is 0. The third-order valence-electron chi connectivity index (χ3n) is 2.82. The third-order valence-corrected chi connectivity index (χ3v) is 2.82. The molecule has 2 aromatic carbocycles. The Hall–Kier alpha value is -2.33. The second-order valence-corrected chi connectivity index (χ2v) is 4.24. The maximum absolute atomic E-state index is 11.7. The highest BCUT2D eigenvalue weighted by Gasteiger charge is 2.13. The van der Waals surface area contributed by atoms with E-state index in [-0.39, 0.29) is 0 Å². The molecule has 0 heterocycles. The smallest absolute Gasteiger partial charge is 0.314 e. The number of nitrogens with zero attached hydrogens (tertiary/aromatic N) is 1. The Morgan fingerprint density at radius 2 is 1.32 bits per heavy atom. The first-order valence-corrected chi connectivity index (χ1v) is 6.06.